The van der Waals surface area contributed by atoms with Gasteiger partial charge in [-0.1, -0.05) is 0 Å². The average molecular weight is 357 g/mol. The highest BCUT2D eigenvalue weighted by atomic mass is 16.2. The molecule has 3 heterocycles. The third-order valence-corrected chi connectivity index (χ3v) is 4.97. The van der Waals surface area contributed by atoms with Gasteiger partial charge in [-0.15, -0.1) is 0 Å². The number of aromatic nitrogens is 4. The molecule has 26 heavy (non-hydrogen) atoms. The van der Waals surface area contributed by atoms with E-state index in [1.807, 2.05) is 26.2 Å². The summed E-state index contributed by atoms with van der Waals surface area (Å²) in [7, 11) is 1.59. The van der Waals surface area contributed by atoms with E-state index < -0.39 is 0 Å². The van der Waals surface area contributed by atoms with Gasteiger partial charge in [0.05, 0.1) is 6.54 Å². The third kappa shape index (κ3) is 3.70. The molecule has 3 rings (SSSR count). The molecule has 8 nitrogen and oxygen atoms in total. The van der Waals surface area contributed by atoms with Crippen molar-refractivity contribution in [2.24, 2.45) is 0 Å². The average Bonchev–Trinajstić information content (AvgIpc) is 3.30. The van der Waals surface area contributed by atoms with E-state index in [4.69, 9.17) is 0 Å². The topological polar surface area (TPSA) is 88.0 Å². The second-order valence-corrected chi connectivity index (χ2v) is 6.60. The van der Waals surface area contributed by atoms with Gasteiger partial charge in [-0.2, -0.15) is 0 Å². The van der Waals surface area contributed by atoms with Crippen LogP contribution in [0.5, 0.6) is 0 Å². The van der Waals surface area contributed by atoms with Crippen LogP contribution >= 0.6 is 0 Å². The van der Waals surface area contributed by atoms with E-state index in [0.29, 0.717) is 6.04 Å². The van der Waals surface area contributed by atoms with E-state index in [1.54, 1.807) is 7.05 Å². The van der Waals surface area contributed by atoms with Crippen LogP contribution in [0.15, 0.2) is 12.4 Å². The Morgan fingerprint density at radius 3 is 2.88 bits per heavy atom. The summed E-state index contributed by atoms with van der Waals surface area (Å²) in [5, 5.41) is 6.19. The zero-order valence-electron chi connectivity index (χ0n) is 15.9. The van der Waals surface area contributed by atoms with Gasteiger partial charge in [0.25, 0.3) is 5.91 Å². The summed E-state index contributed by atoms with van der Waals surface area (Å²) in [5.74, 6) is 1.89. The fourth-order valence-corrected chi connectivity index (χ4v) is 3.28. The van der Waals surface area contributed by atoms with E-state index in [0.717, 1.165) is 55.5 Å². The molecule has 2 aromatic heterocycles. The molecule has 2 aromatic rings. The highest BCUT2D eigenvalue weighted by molar-refractivity contribution is 5.90. The zero-order valence-corrected chi connectivity index (χ0v) is 15.9. The number of hydrogen-bond acceptors (Lipinski definition) is 6. The first kappa shape index (κ1) is 18.3. The summed E-state index contributed by atoms with van der Waals surface area (Å²) in [6.07, 6.45) is 4.88. The van der Waals surface area contributed by atoms with Gasteiger partial charge in [-0.3, -0.25) is 4.79 Å². The van der Waals surface area contributed by atoms with Crippen molar-refractivity contribution < 1.29 is 4.79 Å². The lowest BCUT2D eigenvalue weighted by molar-refractivity contribution is 0.0952. The predicted molar refractivity (Wildman–Crippen MR) is 100 cm³/mol. The van der Waals surface area contributed by atoms with Crippen molar-refractivity contribution in [3.8, 4) is 0 Å². The van der Waals surface area contributed by atoms with E-state index in [2.05, 4.69) is 42.0 Å². The number of rotatable bonds is 6. The maximum absolute atomic E-state index is 11.9. The molecule has 1 fully saturated rings. The van der Waals surface area contributed by atoms with Crippen LogP contribution in [0.2, 0.25) is 0 Å². The lowest BCUT2D eigenvalue weighted by Gasteiger charge is -2.21. The van der Waals surface area contributed by atoms with Gasteiger partial charge in [-0.05, 0) is 27.2 Å². The number of amides is 1. The Balaban J connectivity index is 1.68. The van der Waals surface area contributed by atoms with Crippen molar-refractivity contribution in [2.45, 2.75) is 46.3 Å². The maximum atomic E-state index is 11.9. The van der Waals surface area contributed by atoms with E-state index in [1.165, 1.54) is 0 Å². The molecule has 0 bridgehead atoms. The number of carbonyl (C=O) groups excluding carboxylic acids is 1. The van der Waals surface area contributed by atoms with E-state index >= 15 is 0 Å². The molecule has 8 heteroatoms. The molecular formula is C18H27N7O. The number of imidazole rings is 1. The molecule has 1 saturated heterocycles. The summed E-state index contributed by atoms with van der Waals surface area (Å²) in [4.78, 5) is 27.4. The molecule has 1 aliphatic heterocycles. The second-order valence-electron chi connectivity index (χ2n) is 6.60. The van der Waals surface area contributed by atoms with Crippen molar-refractivity contribution in [1.82, 2.24) is 30.2 Å². The van der Waals surface area contributed by atoms with Crippen molar-refractivity contribution >= 4 is 11.7 Å². The molecule has 0 spiro atoms. The van der Waals surface area contributed by atoms with Crippen molar-refractivity contribution in [1.29, 1.82) is 0 Å². The van der Waals surface area contributed by atoms with Crippen molar-refractivity contribution in [3.63, 3.8) is 0 Å². The van der Waals surface area contributed by atoms with E-state index in [9.17, 15) is 4.79 Å². The van der Waals surface area contributed by atoms with Crippen LogP contribution in [0.4, 0.5) is 5.82 Å². The zero-order chi connectivity index (χ0) is 18.7. The molecule has 1 atom stereocenters. The maximum Gasteiger partial charge on any atom is 0.288 e. The minimum atomic E-state index is -0.255. The fraction of sp³-hybridized carbons (Fsp3) is 0.556. The Morgan fingerprint density at radius 1 is 1.35 bits per heavy atom. The number of carbonyl (C=O) groups is 1. The summed E-state index contributed by atoms with van der Waals surface area (Å²) in [6, 6.07) is 0.370. The number of anilines is 1. The predicted octanol–water partition coefficient (Wildman–Crippen LogP) is 1.04. The van der Waals surface area contributed by atoms with Crippen LogP contribution in [0.1, 0.15) is 41.0 Å². The van der Waals surface area contributed by atoms with E-state index in [-0.39, 0.29) is 11.7 Å². The number of aryl methyl sites for hydroxylation is 2. The van der Waals surface area contributed by atoms with Crippen LogP contribution in [0, 0.1) is 13.8 Å². The first-order valence-corrected chi connectivity index (χ1v) is 9.09. The molecule has 140 valence electrons. The molecule has 0 radical (unpaired) electrons. The van der Waals surface area contributed by atoms with Crippen LogP contribution in [-0.4, -0.2) is 51.6 Å². The molecule has 2 N–H and O–H groups in total. The largest absolute Gasteiger partial charge is 0.355 e. The van der Waals surface area contributed by atoms with Crippen molar-refractivity contribution in [2.75, 3.05) is 25.0 Å². The molecular weight excluding hydrogens is 330 g/mol. The lowest BCUT2D eigenvalue weighted by atomic mass is 10.2. The van der Waals surface area contributed by atoms with Crippen LogP contribution < -0.4 is 15.5 Å². The van der Waals surface area contributed by atoms with Crippen molar-refractivity contribution in [3.05, 3.63) is 35.3 Å². The molecule has 0 aliphatic carbocycles. The number of nitrogens with one attached hydrogen (secondary N) is 2. The summed E-state index contributed by atoms with van der Waals surface area (Å²) in [6.45, 7) is 9.49. The Hall–Kier alpha value is -2.48. The third-order valence-electron chi connectivity index (χ3n) is 4.97. The van der Waals surface area contributed by atoms with Gasteiger partial charge in [0.1, 0.15) is 11.6 Å². The first-order valence-electron chi connectivity index (χ1n) is 9.09. The van der Waals surface area contributed by atoms with Gasteiger partial charge < -0.3 is 20.1 Å². The SMILES string of the molecule is CCn1ccnc1CN[C@@H]1CCN(c2nc(C(=O)NC)nc(C)c2C)C1. The quantitative estimate of drug-likeness (QED) is 0.803. The highest BCUT2D eigenvalue weighted by Gasteiger charge is 2.26. The van der Waals surface area contributed by atoms with Crippen LogP contribution in [0.25, 0.3) is 0 Å². The summed E-state index contributed by atoms with van der Waals surface area (Å²) in [5.41, 5.74) is 1.87. The molecule has 0 saturated carbocycles. The molecule has 0 unspecified atom stereocenters. The summed E-state index contributed by atoms with van der Waals surface area (Å²) < 4.78 is 2.15. The minimum Gasteiger partial charge on any atom is -0.355 e. The minimum absolute atomic E-state index is 0.229. The van der Waals surface area contributed by atoms with Gasteiger partial charge in [-0.25, -0.2) is 15.0 Å². The number of nitrogens with zero attached hydrogens (tertiary/aromatic N) is 5. The van der Waals surface area contributed by atoms with Gasteiger partial charge >= 0.3 is 0 Å². The number of hydrogen-bond donors (Lipinski definition) is 2. The first-order chi connectivity index (χ1) is 12.5. The fourth-order valence-electron chi connectivity index (χ4n) is 3.28. The lowest BCUT2D eigenvalue weighted by Crippen LogP contribution is -2.34. The molecule has 1 amide bonds. The normalized spacial score (nSPS) is 16.9. The van der Waals surface area contributed by atoms with Gasteiger partial charge in [0.15, 0.2) is 0 Å². The Kier molecular flexibility index (Phi) is 5.51. The van der Waals surface area contributed by atoms with Crippen LogP contribution in [0.3, 0.4) is 0 Å². The monoisotopic (exact) mass is 357 g/mol. The summed E-state index contributed by atoms with van der Waals surface area (Å²) >= 11 is 0. The Labute approximate surface area is 154 Å². The van der Waals surface area contributed by atoms with Crippen LogP contribution in [-0.2, 0) is 13.1 Å². The standard InChI is InChI=1S/C18H27N7O/c1-5-24-9-7-20-15(24)10-21-14-6-8-25(11-14)17-12(2)13(3)22-16(23-17)18(26)19-4/h7,9,14,21H,5-6,8,10-11H2,1-4H3,(H,19,26)/t14-/m1/s1. The Bertz CT molecular complexity index is 786. The highest BCUT2D eigenvalue weighted by Crippen LogP contribution is 2.24. The molecule has 1 aliphatic rings. The molecule has 0 aromatic carbocycles. The second kappa shape index (κ2) is 7.82. The van der Waals surface area contributed by atoms with Gasteiger partial charge in [0.2, 0.25) is 5.82 Å². The Morgan fingerprint density at radius 2 is 2.15 bits per heavy atom. The smallest absolute Gasteiger partial charge is 0.288 e. The van der Waals surface area contributed by atoms with Gasteiger partial charge in [0, 0.05) is 56.4 Å².